The Balaban J connectivity index is 2.49. The largest absolute Gasteiger partial charge is 0.462 e. The molecule has 0 aliphatic heterocycles. The van der Waals surface area contributed by atoms with E-state index in [1.165, 1.54) is 6.20 Å². The Morgan fingerprint density at radius 3 is 2.68 bits per heavy atom. The van der Waals surface area contributed by atoms with Crippen LogP contribution in [0, 0.1) is 11.3 Å². The molecule has 2 aromatic rings. The van der Waals surface area contributed by atoms with E-state index in [1.54, 1.807) is 6.92 Å². The summed E-state index contributed by atoms with van der Waals surface area (Å²) in [4.78, 5) is 23.0. The molecule has 0 aliphatic carbocycles. The van der Waals surface area contributed by atoms with Gasteiger partial charge in [0.15, 0.2) is 5.82 Å². The molecule has 130 valence electrons. The summed E-state index contributed by atoms with van der Waals surface area (Å²) in [6, 6.07) is 11.7. The van der Waals surface area contributed by atoms with Gasteiger partial charge < -0.3 is 9.64 Å². The smallest absolute Gasteiger partial charge is 0.343 e. The van der Waals surface area contributed by atoms with Crippen LogP contribution in [0.3, 0.4) is 0 Å². The molecule has 1 aromatic heterocycles. The van der Waals surface area contributed by atoms with Gasteiger partial charge in [-0.1, -0.05) is 43.7 Å². The second-order valence-electron chi connectivity index (χ2n) is 5.45. The number of ether oxygens (including phenoxy) is 1. The maximum atomic E-state index is 12.3. The number of anilines is 1. The molecule has 0 unspecified atom stereocenters. The molecule has 0 spiro atoms. The average Bonchev–Trinajstić information content (AvgIpc) is 2.65. The summed E-state index contributed by atoms with van der Waals surface area (Å²) in [7, 11) is 0. The molecule has 0 radical (unpaired) electrons. The van der Waals surface area contributed by atoms with Gasteiger partial charge in [-0.15, -0.1) is 0 Å². The van der Waals surface area contributed by atoms with Crippen molar-refractivity contribution in [3.05, 3.63) is 42.1 Å². The van der Waals surface area contributed by atoms with Crippen molar-refractivity contribution in [2.24, 2.45) is 0 Å². The molecule has 6 heteroatoms. The molecule has 6 nitrogen and oxygen atoms in total. The van der Waals surface area contributed by atoms with Crippen molar-refractivity contribution >= 4 is 11.8 Å². The highest BCUT2D eigenvalue weighted by atomic mass is 16.5. The summed E-state index contributed by atoms with van der Waals surface area (Å²) in [6.07, 6.45) is 3.36. The van der Waals surface area contributed by atoms with Crippen LogP contribution in [0.25, 0.3) is 11.4 Å². The highest BCUT2D eigenvalue weighted by molar-refractivity contribution is 5.94. The second kappa shape index (κ2) is 9.38. The first-order chi connectivity index (χ1) is 12.2. The van der Waals surface area contributed by atoms with Gasteiger partial charge in [-0.05, 0) is 13.3 Å². The minimum absolute atomic E-state index is 0.150. The topological polar surface area (TPSA) is 79.1 Å². The number of rotatable bonds is 8. The molecule has 2 rings (SSSR count). The van der Waals surface area contributed by atoms with Crippen LogP contribution in [-0.4, -0.2) is 35.6 Å². The molecular formula is C19H22N4O2. The van der Waals surface area contributed by atoms with Gasteiger partial charge in [0, 0.05) is 18.3 Å². The molecule has 0 saturated carbocycles. The van der Waals surface area contributed by atoms with E-state index in [2.05, 4.69) is 23.0 Å². The molecule has 0 N–H and O–H groups in total. The van der Waals surface area contributed by atoms with E-state index in [0.717, 1.165) is 18.4 Å². The lowest BCUT2D eigenvalue weighted by molar-refractivity contribution is 0.0526. The van der Waals surface area contributed by atoms with Gasteiger partial charge in [-0.25, -0.2) is 14.8 Å². The van der Waals surface area contributed by atoms with Gasteiger partial charge in [0.2, 0.25) is 0 Å². The summed E-state index contributed by atoms with van der Waals surface area (Å²) >= 11 is 0. The Hall–Kier alpha value is -2.94. The number of nitriles is 1. The SMILES string of the molecule is CCCCN(CC#N)c1nc(-c2ccccc2)ncc1C(=O)OCC. The Kier molecular flexibility index (Phi) is 6.90. The van der Waals surface area contributed by atoms with Crippen molar-refractivity contribution < 1.29 is 9.53 Å². The normalized spacial score (nSPS) is 10.1. The van der Waals surface area contributed by atoms with Gasteiger partial charge in [0.1, 0.15) is 17.9 Å². The van der Waals surface area contributed by atoms with Crippen LogP contribution in [0.2, 0.25) is 0 Å². The second-order valence-corrected chi connectivity index (χ2v) is 5.45. The van der Waals surface area contributed by atoms with E-state index in [0.29, 0.717) is 18.2 Å². The van der Waals surface area contributed by atoms with Crippen LogP contribution >= 0.6 is 0 Å². The number of nitrogens with zero attached hydrogens (tertiary/aromatic N) is 4. The molecule has 0 bridgehead atoms. The van der Waals surface area contributed by atoms with Gasteiger partial charge in [-0.3, -0.25) is 0 Å². The molecule has 25 heavy (non-hydrogen) atoms. The zero-order valence-corrected chi connectivity index (χ0v) is 14.6. The first-order valence-corrected chi connectivity index (χ1v) is 8.42. The van der Waals surface area contributed by atoms with Crippen molar-refractivity contribution in [1.29, 1.82) is 5.26 Å². The van der Waals surface area contributed by atoms with Crippen molar-refractivity contribution in [2.75, 3.05) is 24.6 Å². The highest BCUT2D eigenvalue weighted by Gasteiger charge is 2.21. The van der Waals surface area contributed by atoms with Gasteiger partial charge in [0.05, 0.1) is 12.7 Å². The van der Waals surface area contributed by atoms with Gasteiger partial charge in [0.25, 0.3) is 0 Å². The van der Waals surface area contributed by atoms with Crippen LogP contribution in [0.4, 0.5) is 5.82 Å². The Morgan fingerprint density at radius 2 is 2.04 bits per heavy atom. The quantitative estimate of drug-likeness (QED) is 0.542. The first-order valence-electron chi connectivity index (χ1n) is 8.42. The third-order valence-corrected chi connectivity index (χ3v) is 3.64. The van der Waals surface area contributed by atoms with E-state index in [9.17, 15) is 4.79 Å². The summed E-state index contributed by atoms with van der Waals surface area (Å²) in [5.74, 6) is 0.488. The van der Waals surface area contributed by atoms with Crippen LogP contribution in [0.1, 0.15) is 37.0 Å². The molecule has 1 heterocycles. The average molecular weight is 338 g/mol. The van der Waals surface area contributed by atoms with Crippen molar-refractivity contribution in [1.82, 2.24) is 9.97 Å². The standard InChI is InChI=1S/C19H22N4O2/c1-3-5-12-23(13-11-20)18-16(19(24)25-4-2)14-21-17(22-18)15-9-7-6-8-10-15/h6-10,14H,3-5,12-13H2,1-2H3. The maximum absolute atomic E-state index is 12.3. The summed E-state index contributed by atoms with van der Waals surface area (Å²) in [6.45, 7) is 4.89. The Labute approximate surface area is 148 Å². The number of unbranched alkanes of at least 4 members (excludes halogenated alkanes) is 1. The number of aromatic nitrogens is 2. The number of hydrogen-bond donors (Lipinski definition) is 0. The fourth-order valence-corrected chi connectivity index (χ4v) is 2.39. The number of esters is 1. The predicted molar refractivity (Wildman–Crippen MR) is 96.2 cm³/mol. The number of benzene rings is 1. The zero-order chi connectivity index (χ0) is 18.1. The summed E-state index contributed by atoms with van der Waals surface area (Å²) in [5, 5.41) is 9.17. The van der Waals surface area contributed by atoms with E-state index < -0.39 is 5.97 Å². The van der Waals surface area contributed by atoms with E-state index in [4.69, 9.17) is 10.00 Å². The fraction of sp³-hybridized carbons (Fsp3) is 0.368. The monoisotopic (exact) mass is 338 g/mol. The lowest BCUT2D eigenvalue weighted by atomic mass is 10.2. The molecule has 0 fully saturated rings. The molecule has 1 aromatic carbocycles. The van der Waals surface area contributed by atoms with Gasteiger partial charge >= 0.3 is 5.97 Å². The number of carbonyl (C=O) groups excluding carboxylic acids is 1. The number of hydrogen-bond acceptors (Lipinski definition) is 6. The molecular weight excluding hydrogens is 316 g/mol. The first kappa shape index (κ1) is 18.4. The van der Waals surface area contributed by atoms with Crippen molar-refractivity contribution in [2.45, 2.75) is 26.7 Å². The number of carbonyl (C=O) groups is 1. The maximum Gasteiger partial charge on any atom is 0.343 e. The lowest BCUT2D eigenvalue weighted by Gasteiger charge is -2.22. The van der Waals surface area contributed by atoms with E-state index in [1.807, 2.05) is 35.2 Å². The van der Waals surface area contributed by atoms with Crippen LogP contribution in [0.15, 0.2) is 36.5 Å². The minimum atomic E-state index is -0.475. The molecule has 0 atom stereocenters. The van der Waals surface area contributed by atoms with Crippen LogP contribution in [-0.2, 0) is 4.74 Å². The summed E-state index contributed by atoms with van der Waals surface area (Å²) < 4.78 is 5.12. The highest BCUT2D eigenvalue weighted by Crippen LogP contribution is 2.23. The van der Waals surface area contributed by atoms with Crippen molar-refractivity contribution in [3.8, 4) is 17.5 Å². The molecule has 0 amide bonds. The third-order valence-electron chi connectivity index (χ3n) is 3.64. The predicted octanol–water partition coefficient (Wildman–Crippen LogP) is 3.45. The van der Waals surface area contributed by atoms with E-state index >= 15 is 0 Å². The van der Waals surface area contributed by atoms with Crippen molar-refractivity contribution in [3.63, 3.8) is 0 Å². The minimum Gasteiger partial charge on any atom is -0.462 e. The fourth-order valence-electron chi connectivity index (χ4n) is 2.39. The Bertz CT molecular complexity index is 741. The van der Waals surface area contributed by atoms with Gasteiger partial charge in [-0.2, -0.15) is 5.26 Å². The lowest BCUT2D eigenvalue weighted by Crippen LogP contribution is -2.28. The third kappa shape index (κ3) is 4.77. The Morgan fingerprint density at radius 1 is 1.28 bits per heavy atom. The molecule has 0 saturated heterocycles. The summed E-state index contributed by atoms with van der Waals surface area (Å²) in [5.41, 5.74) is 1.14. The van der Waals surface area contributed by atoms with E-state index in [-0.39, 0.29) is 18.7 Å². The van der Waals surface area contributed by atoms with Crippen LogP contribution in [0.5, 0.6) is 0 Å². The van der Waals surface area contributed by atoms with Crippen LogP contribution < -0.4 is 4.90 Å². The zero-order valence-electron chi connectivity index (χ0n) is 14.6. The molecule has 0 aliphatic rings.